The van der Waals surface area contributed by atoms with E-state index in [1.54, 1.807) is 0 Å². The predicted octanol–water partition coefficient (Wildman–Crippen LogP) is 21.8. The molecule has 0 aromatic carbocycles. The minimum absolute atomic E-state index is 0.105. The van der Waals surface area contributed by atoms with Crippen molar-refractivity contribution in [1.82, 2.24) is 0 Å². The van der Waals surface area contributed by atoms with Crippen molar-refractivity contribution in [2.75, 3.05) is 39.6 Å². The highest BCUT2D eigenvalue weighted by molar-refractivity contribution is 7.47. The van der Waals surface area contributed by atoms with Gasteiger partial charge in [-0.05, 0) is 43.4 Å². The van der Waals surface area contributed by atoms with Gasteiger partial charge in [-0.25, -0.2) is 9.13 Å². The standard InChI is InChI=1S/C75H146O17P2/c1-8-10-11-12-13-14-15-16-17-18-21-28-37-44-51-58-74(79)91-70(62-85-72(77)56-49-42-35-27-22-19-20-25-32-39-46-53-66(3)4)64-89-93(81,82)87-60-69(76)61-88-94(83,84)90-65-71(63-86-73(78)57-50-43-36-31-30-34-41-48-55-68(7)9-2)92-75(80)59-52-45-38-29-24-23-26-33-40-47-54-67(5)6/h66-71,76H,8-65H2,1-7H3,(H,81,82)(H,83,84)/t68?,69-,70-,71-/m1/s1. The third-order valence-electron chi connectivity index (χ3n) is 17.7. The van der Waals surface area contributed by atoms with Crippen molar-refractivity contribution in [3.05, 3.63) is 0 Å². The molecule has 558 valence electrons. The number of ether oxygens (including phenoxy) is 4. The summed E-state index contributed by atoms with van der Waals surface area (Å²) in [5.74, 6) is 0.183. The number of carbonyl (C=O) groups excluding carboxylic acids is 4. The molecule has 0 aromatic rings. The maximum atomic E-state index is 13.1. The van der Waals surface area contributed by atoms with Crippen molar-refractivity contribution in [1.29, 1.82) is 0 Å². The van der Waals surface area contributed by atoms with Gasteiger partial charge in [0.05, 0.1) is 26.4 Å². The summed E-state index contributed by atoms with van der Waals surface area (Å²) in [4.78, 5) is 72.8. The van der Waals surface area contributed by atoms with Gasteiger partial charge in [0.25, 0.3) is 0 Å². The summed E-state index contributed by atoms with van der Waals surface area (Å²) < 4.78 is 68.5. The lowest BCUT2D eigenvalue weighted by atomic mass is 9.99. The first-order chi connectivity index (χ1) is 45.3. The fourth-order valence-electron chi connectivity index (χ4n) is 11.4. The van der Waals surface area contributed by atoms with Gasteiger partial charge < -0.3 is 33.8 Å². The van der Waals surface area contributed by atoms with Crippen LogP contribution in [0.1, 0.15) is 382 Å². The number of aliphatic hydroxyl groups excluding tert-OH is 1. The Hall–Kier alpha value is -1.94. The number of rotatable bonds is 73. The van der Waals surface area contributed by atoms with E-state index < -0.39 is 97.5 Å². The summed E-state index contributed by atoms with van der Waals surface area (Å²) in [6.45, 7) is 11.9. The largest absolute Gasteiger partial charge is 0.472 e. The molecule has 3 N–H and O–H groups in total. The number of carbonyl (C=O) groups is 4. The number of esters is 4. The molecule has 6 atom stereocenters. The molecule has 0 amide bonds. The zero-order valence-corrected chi connectivity index (χ0v) is 63.2. The molecule has 0 aliphatic rings. The molecule has 17 nitrogen and oxygen atoms in total. The van der Waals surface area contributed by atoms with Crippen molar-refractivity contribution in [3.8, 4) is 0 Å². The van der Waals surface area contributed by atoms with E-state index in [0.717, 1.165) is 108 Å². The Bertz CT molecular complexity index is 1840. The van der Waals surface area contributed by atoms with Crippen LogP contribution >= 0.6 is 15.6 Å². The van der Waals surface area contributed by atoms with E-state index in [0.29, 0.717) is 25.7 Å². The molecule has 94 heavy (non-hydrogen) atoms. The Balaban J connectivity index is 5.27. The van der Waals surface area contributed by atoms with Crippen LogP contribution in [-0.4, -0.2) is 96.7 Å². The van der Waals surface area contributed by atoms with E-state index in [9.17, 15) is 43.2 Å². The molecule has 0 saturated heterocycles. The second-order valence-electron chi connectivity index (χ2n) is 28.2. The zero-order chi connectivity index (χ0) is 69.4. The second-order valence-corrected chi connectivity index (χ2v) is 31.1. The fourth-order valence-corrected chi connectivity index (χ4v) is 13.0. The molecule has 3 unspecified atom stereocenters. The number of unbranched alkanes of at least 4 members (excludes halogenated alkanes) is 40. The molecule has 0 spiro atoms. The summed E-state index contributed by atoms with van der Waals surface area (Å²) in [6, 6.07) is 0. The lowest BCUT2D eigenvalue weighted by Gasteiger charge is -2.21. The molecule has 19 heteroatoms. The molecule has 0 aliphatic heterocycles. The van der Waals surface area contributed by atoms with Gasteiger partial charge in [0.2, 0.25) is 0 Å². The lowest BCUT2D eigenvalue weighted by Crippen LogP contribution is -2.30. The van der Waals surface area contributed by atoms with Crippen molar-refractivity contribution >= 4 is 39.5 Å². The average molecular weight is 1380 g/mol. The van der Waals surface area contributed by atoms with Crippen LogP contribution in [0.4, 0.5) is 0 Å². The molecule has 0 saturated carbocycles. The van der Waals surface area contributed by atoms with Gasteiger partial charge in [0.15, 0.2) is 12.2 Å². The number of phosphoric ester groups is 2. The maximum Gasteiger partial charge on any atom is 0.472 e. The van der Waals surface area contributed by atoms with Gasteiger partial charge in [0, 0.05) is 25.7 Å². The van der Waals surface area contributed by atoms with Crippen molar-refractivity contribution in [2.24, 2.45) is 17.8 Å². The molecular formula is C75H146O17P2. The SMILES string of the molecule is CCCCCCCCCCCCCCCCCC(=O)O[C@H](COC(=O)CCCCCCCCCCCCCC(C)C)COP(=O)(O)OC[C@@H](O)COP(=O)(O)OC[C@@H](COC(=O)CCCCCCCCCCC(C)CC)OC(=O)CCCCCCCCCCCCC(C)C. The molecule has 0 bridgehead atoms. The van der Waals surface area contributed by atoms with Crippen LogP contribution in [0.2, 0.25) is 0 Å². The molecule has 0 aliphatic carbocycles. The van der Waals surface area contributed by atoms with Gasteiger partial charge in [-0.1, -0.05) is 331 Å². The molecule has 0 rings (SSSR count). The van der Waals surface area contributed by atoms with E-state index in [2.05, 4.69) is 48.5 Å². The highest BCUT2D eigenvalue weighted by atomic mass is 31.2. The van der Waals surface area contributed by atoms with Crippen LogP contribution in [0.25, 0.3) is 0 Å². The van der Waals surface area contributed by atoms with Crippen LogP contribution in [0.3, 0.4) is 0 Å². The number of hydrogen-bond donors (Lipinski definition) is 3. The topological polar surface area (TPSA) is 237 Å². The van der Waals surface area contributed by atoms with Crippen LogP contribution in [0.5, 0.6) is 0 Å². The van der Waals surface area contributed by atoms with Gasteiger partial charge >= 0.3 is 39.5 Å². The Morgan fingerprint density at radius 3 is 0.809 bits per heavy atom. The smallest absolute Gasteiger partial charge is 0.462 e. The Kier molecular flexibility index (Phi) is 64.3. The highest BCUT2D eigenvalue weighted by Crippen LogP contribution is 2.45. The maximum absolute atomic E-state index is 13.1. The van der Waals surface area contributed by atoms with E-state index in [-0.39, 0.29) is 25.7 Å². The lowest BCUT2D eigenvalue weighted by molar-refractivity contribution is -0.161. The van der Waals surface area contributed by atoms with Crippen molar-refractivity contribution in [3.63, 3.8) is 0 Å². The highest BCUT2D eigenvalue weighted by Gasteiger charge is 2.30. The summed E-state index contributed by atoms with van der Waals surface area (Å²) in [5.41, 5.74) is 0. The van der Waals surface area contributed by atoms with E-state index in [4.69, 9.17) is 37.0 Å². The normalized spacial score (nSPS) is 14.4. The first kappa shape index (κ1) is 92.1. The fraction of sp³-hybridized carbons (Fsp3) is 0.947. The number of aliphatic hydroxyl groups is 1. The zero-order valence-electron chi connectivity index (χ0n) is 61.4. The van der Waals surface area contributed by atoms with Crippen molar-refractivity contribution in [2.45, 2.75) is 401 Å². The van der Waals surface area contributed by atoms with Gasteiger partial charge in [-0.3, -0.25) is 37.3 Å². The molecule has 0 fully saturated rings. The summed E-state index contributed by atoms with van der Waals surface area (Å²) in [5, 5.41) is 10.6. The molecule has 0 heterocycles. The average Bonchev–Trinajstić information content (AvgIpc) is 1.18. The quantitative estimate of drug-likeness (QED) is 0.0222. The molecule has 0 aromatic heterocycles. The van der Waals surface area contributed by atoms with Gasteiger partial charge in [0.1, 0.15) is 19.3 Å². The molecule has 0 radical (unpaired) electrons. The number of hydrogen-bond acceptors (Lipinski definition) is 15. The minimum Gasteiger partial charge on any atom is -0.462 e. The predicted molar refractivity (Wildman–Crippen MR) is 381 cm³/mol. The first-order valence-electron chi connectivity index (χ1n) is 38.9. The minimum atomic E-state index is -4.96. The summed E-state index contributed by atoms with van der Waals surface area (Å²) >= 11 is 0. The Morgan fingerprint density at radius 2 is 0.543 bits per heavy atom. The van der Waals surface area contributed by atoms with Crippen LogP contribution < -0.4 is 0 Å². The third kappa shape index (κ3) is 67.3. The molecular weight excluding hydrogens is 1230 g/mol. The first-order valence-corrected chi connectivity index (χ1v) is 41.9. The van der Waals surface area contributed by atoms with E-state index in [1.165, 1.54) is 193 Å². The summed E-state index contributed by atoms with van der Waals surface area (Å²) in [7, 11) is -9.91. The van der Waals surface area contributed by atoms with Crippen LogP contribution in [-0.2, 0) is 65.4 Å². The summed E-state index contributed by atoms with van der Waals surface area (Å²) in [6.07, 6.45) is 51.2. The van der Waals surface area contributed by atoms with Crippen LogP contribution in [0.15, 0.2) is 0 Å². The Labute approximate surface area is 575 Å². The van der Waals surface area contributed by atoms with E-state index in [1.807, 2.05) is 0 Å². The number of phosphoric acid groups is 2. The van der Waals surface area contributed by atoms with E-state index >= 15 is 0 Å². The second kappa shape index (κ2) is 65.7. The monoisotopic (exact) mass is 1380 g/mol. The van der Waals surface area contributed by atoms with Gasteiger partial charge in [-0.15, -0.1) is 0 Å². The Morgan fingerprint density at radius 1 is 0.309 bits per heavy atom. The van der Waals surface area contributed by atoms with Crippen molar-refractivity contribution < 1.29 is 80.2 Å². The van der Waals surface area contributed by atoms with Gasteiger partial charge in [-0.2, -0.15) is 0 Å². The van der Waals surface area contributed by atoms with Crippen LogP contribution in [0, 0.1) is 17.8 Å². The third-order valence-corrected chi connectivity index (χ3v) is 19.6.